The molecule has 0 saturated carbocycles. The van der Waals surface area contributed by atoms with Crippen LogP contribution in [0.2, 0.25) is 0 Å². The normalized spacial score (nSPS) is 12.6. The summed E-state index contributed by atoms with van der Waals surface area (Å²) in [4.78, 5) is 4.12. The fourth-order valence-corrected chi connectivity index (χ4v) is 1.73. The standard InChI is InChI=1S/C12H15N3O/c1-9-4-5-14-8-11(9)12(15-13)7-10-3-2-6-16-10/h2-6,8,12,15H,7,13H2,1H3. The average Bonchev–Trinajstić information content (AvgIpc) is 2.80. The average molecular weight is 217 g/mol. The van der Waals surface area contributed by atoms with Crippen molar-refractivity contribution in [3.05, 3.63) is 53.7 Å². The number of pyridine rings is 1. The van der Waals surface area contributed by atoms with Gasteiger partial charge in [-0.15, -0.1) is 0 Å². The van der Waals surface area contributed by atoms with E-state index in [2.05, 4.69) is 10.4 Å². The Kier molecular flexibility index (Phi) is 3.34. The molecule has 0 aromatic carbocycles. The Morgan fingerprint density at radius 3 is 3.00 bits per heavy atom. The maximum absolute atomic E-state index is 5.57. The van der Waals surface area contributed by atoms with Crippen LogP contribution in [-0.4, -0.2) is 4.98 Å². The summed E-state index contributed by atoms with van der Waals surface area (Å²) >= 11 is 0. The number of hydrazine groups is 1. The molecule has 4 heteroatoms. The molecule has 0 amide bonds. The SMILES string of the molecule is Cc1ccncc1C(Cc1ccco1)NN. The van der Waals surface area contributed by atoms with Crippen molar-refractivity contribution in [3.63, 3.8) is 0 Å². The van der Waals surface area contributed by atoms with E-state index in [-0.39, 0.29) is 6.04 Å². The molecular formula is C12H15N3O. The van der Waals surface area contributed by atoms with Gasteiger partial charge in [-0.05, 0) is 36.2 Å². The second-order valence-electron chi connectivity index (χ2n) is 3.74. The predicted molar refractivity (Wildman–Crippen MR) is 61.5 cm³/mol. The summed E-state index contributed by atoms with van der Waals surface area (Å²) in [5.74, 6) is 6.48. The van der Waals surface area contributed by atoms with Crippen LogP contribution in [0.1, 0.15) is 22.9 Å². The molecule has 0 fully saturated rings. The van der Waals surface area contributed by atoms with Crippen molar-refractivity contribution in [1.82, 2.24) is 10.4 Å². The Morgan fingerprint density at radius 1 is 1.50 bits per heavy atom. The molecule has 16 heavy (non-hydrogen) atoms. The van der Waals surface area contributed by atoms with Gasteiger partial charge in [0.05, 0.1) is 12.3 Å². The molecule has 0 aliphatic rings. The van der Waals surface area contributed by atoms with E-state index in [1.807, 2.05) is 31.3 Å². The van der Waals surface area contributed by atoms with Crippen molar-refractivity contribution in [3.8, 4) is 0 Å². The number of nitrogens with zero attached hydrogens (tertiary/aromatic N) is 1. The van der Waals surface area contributed by atoms with E-state index >= 15 is 0 Å². The minimum atomic E-state index is 0.0276. The highest BCUT2D eigenvalue weighted by Gasteiger charge is 2.14. The Bertz CT molecular complexity index is 439. The number of aryl methyl sites for hydroxylation is 1. The lowest BCUT2D eigenvalue weighted by molar-refractivity contribution is 0.453. The molecule has 2 aromatic rings. The van der Waals surface area contributed by atoms with Crippen LogP contribution in [0.4, 0.5) is 0 Å². The van der Waals surface area contributed by atoms with Gasteiger partial charge in [0.2, 0.25) is 0 Å². The van der Waals surface area contributed by atoms with Gasteiger partial charge in [-0.3, -0.25) is 16.3 Å². The molecule has 4 nitrogen and oxygen atoms in total. The molecule has 0 aliphatic heterocycles. The molecule has 2 rings (SSSR count). The summed E-state index contributed by atoms with van der Waals surface area (Å²) in [6.07, 6.45) is 6.00. The monoisotopic (exact) mass is 217 g/mol. The largest absolute Gasteiger partial charge is 0.469 e. The third-order valence-electron chi connectivity index (χ3n) is 2.64. The van der Waals surface area contributed by atoms with E-state index in [4.69, 9.17) is 10.3 Å². The Balaban J connectivity index is 2.20. The molecule has 1 atom stereocenters. The van der Waals surface area contributed by atoms with Gasteiger partial charge >= 0.3 is 0 Å². The lowest BCUT2D eigenvalue weighted by Gasteiger charge is -2.16. The van der Waals surface area contributed by atoms with Gasteiger partial charge in [0.1, 0.15) is 5.76 Å². The second-order valence-corrected chi connectivity index (χ2v) is 3.74. The molecule has 3 N–H and O–H groups in total. The first-order chi connectivity index (χ1) is 7.81. The first kappa shape index (κ1) is 10.9. The van der Waals surface area contributed by atoms with E-state index in [9.17, 15) is 0 Å². The highest BCUT2D eigenvalue weighted by atomic mass is 16.3. The van der Waals surface area contributed by atoms with Crippen molar-refractivity contribution < 1.29 is 4.42 Å². The fourth-order valence-electron chi connectivity index (χ4n) is 1.73. The molecule has 0 bridgehead atoms. The van der Waals surface area contributed by atoms with E-state index in [1.165, 1.54) is 5.56 Å². The van der Waals surface area contributed by atoms with Crippen LogP contribution in [0.25, 0.3) is 0 Å². The summed E-state index contributed by atoms with van der Waals surface area (Å²) in [5.41, 5.74) is 5.07. The van der Waals surface area contributed by atoms with Crippen LogP contribution >= 0.6 is 0 Å². The third-order valence-corrected chi connectivity index (χ3v) is 2.64. The highest BCUT2D eigenvalue weighted by molar-refractivity contribution is 5.26. The van der Waals surface area contributed by atoms with Gasteiger partial charge in [-0.2, -0.15) is 0 Å². The highest BCUT2D eigenvalue weighted by Crippen LogP contribution is 2.20. The van der Waals surface area contributed by atoms with E-state index in [0.29, 0.717) is 0 Å². The lowest BCUT2D eigenvalue weighted by atomic mass is 10.0. The Morgan fingerprint density at radius 2 is 2.38 bits per heavy atom. The topological polar surface area (TPSA) is 64.1 Å². The van der Waals surface area contributed by atoms with Crippen LogP contribution < -0.4 is 11.3 Å². The molecule has 0 aliphatic carbocycles. The number of nitrogens with one attached hydrogen (secondary N) is 1. The summed E-state index contributed by atoms with van der Waals surface area (Å²) in [7, 11) is 0. The zero-order chi connectivity index (χ0) is 11.4. The zero-order valence-corrected chi connectivity index (χ0v) is 9.18. The summed E-state index contributed by atoms with van der Waals surface area (Å²) in [5, 5.41) is 0. The Labute approximate surface area is 94.5 Å². The molecule has 2 heterocycles. The van der Waals surface area contributed by atoms with Crippen LogP contribution in [0, 0.1) is 6.92 Å². The number of aromatic nitrogens is 1. The van der Waals surface area contributed by atoms with Crippen molar-refractivity contribution in [2.24, 2.45) is 5.84 Å². The van der Waals surface area contributed by atoms with Gasteiger partial charge in [-0.25, -0.2) is 0 Å². The van der Waals surface area contributed by atoms with Crippen molar-refractivity contribution >= 4 is 0 Å². The smallest absolute Gasteiger partial charge is 0.105 e. The quantitative estimate of drug-likeness (QED) is 0.604. The summed E-state index contributed by atoms with van der Waals surface area (Å²) < 4.78 is 5.31. The number of furan rings is 1. The molecular weight excluding hydrogens is 202 g/mol. The molecule has 0 saturated heterocycles. The summed E-state index contributed by atoms with van der Waals surface area (Å²) in [6.45, 7) is 2.05. The van der Waals surface area contributed by atoms with E-state index in [0.717, 1.165) is 17.7 Å². The minimum Gasteiger partial charge on any atom is -0.469 e. The third kappa shape index (κ3) is 2.29. The molecule has 1 unspecified atom stereocenters. The summed E-state index contributed by atoms with van der Waals surface area (Å²) in [6, 6.07) is 5.82. The van der Waals surface area contributed by atoms with Gasteiger partial charge in [0, 0.05) is 18.8 Å². The van der Waals surface area contributed by atoms with Gasteiger partial charge in [0.25, 0.3) is 0 Å². The molecule has 0 spiro atoms. The van der Waals surface area contributed by atoms with Crippen molar-refractivity contribution in [2.45, 2.75) is 19.4 Å². The van der Waals surface area contributed by atoms with Crippen molar-refractivity contribution in [1.29, 1.82) is 0 Å². The van der Waals surface area contributed by atoms with Gasteiger partial charge in [-0.1, -0.05) is 0 Å². The van der Waals surface area contributed by atoms with E-state index in [1.54, 1.807) is 12.5 Å². The van der Waals surface area contributed by atoms with Gasteiger partial charge in [0.15, 0.2) is 0 Å². The lowest BCUT2D eigenvalue weighted by Crippen LogP contribution is -2.30. The maximum atomic E-state index is 5.57. The van der Waals surface area contributed by atoms with Crippen LogP contribution in [0.5, 0.6) is 0 Å². The first-order valence-electron chi connectivity index (χ1n) is 5.20. The fraction of sp³-hybridized carbons (Fsp3) is 0.250. The molecule has 0 radical (unpaired) electrons. The number of hydrogen-bond acceptors (Lipinski definition) is 4. The maximum Gasteiger partial charge on any atom is 0.105 e. The first-order valence-corrected chi connectivity index (χ1v) is 5.20. The predicted octanol–water partition coefficient (Wildman–Crippen LogP) is 1.73. The van der Waals surface area contributed by atoms with E-state index < -0.39 is 0 Å². The molecule has 2 aromatic heterocycles. The van der Waals surface area contributed by atoms with Crippen LogP contribution in [-0.2, 0) is 6.42 Å². The zero-order valence-electron chi connectivity index (χ0n) is 9.18. The van der Waals surface area contributed by atoms with Gasteiger partial charge < -0.3 is 4.42 Å². The van der Waals surface area contributed by atoms with Crippen LogP contribution in [0.3, 0.4) is 0 Å². The minimum absolute atomic E-state index is 0.0276. The number of nitrogens with two attached hydrogens (primary N) is 1. The number of hydrogen-bond donors (Lipinski definition) is 2. The number of rotatable bonds is 4. The molecule has 84 valence electrons. The van der Waals surface area contributed by atoms with Crippen LogP contribution in [0.15, 0.2) is 41.3 Å². The Hall–Kier alpha value is -1.65. The second kappa shape index (κ2) is 4.92. The van der Waals surface area contributed by atoms with Crippen molar-refractivity contribution in [2.75, 3.05) is 0 Å².